The number of hydrogen-bond donors (Lipinski definition) is 1. The van der Waals surface area contributed by atoms with Gasteiger partial charge in [-0.2, -0.15) is 4.98 Å². The van der Waals surface area contributed by atoms with E-state index in [0.29, 0.717) is 11.9 Å². The predicted molar refractivity (Wildman–Crippen MR) is 57.3 cm³/mol. The number of methoxy groups -OCH3 is 1. The van der Waals surface area contributed by atoms with Crippen LogP contribution in [0, 0.1) is 6.92 Å². The Labute approximate surface area is 89.8 Å². The predicted octanol–water partition coefficient (Wildman–Crippen LogP) is 0.780. The summed E-state index contributed by atoms with van der Waals surface area (Å²) in [7, 11) is 3.44. The minimum atomic E-state index is 0.0292. The smallest absolute Gasteiger partial charge is 0.320 e. The Hall–Kier alpha value is -1.36. The van der Waals surface area contributed by atoms with E-state index < -0.39 is 0 Å². The van der Waals surface area contributed by atoms with Crippen LogP contribution in [0.2, 0.25) is 0 Å². The molecule has 1 aromatic rings. The lowest BCUT2D eigenvalue weighted by Crippen LogP contribution is -2.26. The third-order valence-corrected chi connectivity index (χ3v) is 1.82. The molecule has 0 spiro atoms. The molecule has 0 radical (unpaired) electrons. The largest absolute Gasteiger partial charge is 0.481 e. The quantitative estimate of drug-likeness (QED) is 0.780. The normalized spacial score (nSPS) is 12.3. The Kier molecular flexibility index (Phi) is 4.30. The van der Waals surface area contributed by atoms with Gasteiger partial charge in [-0.15, -0.1) is 0 Å². The van der Waals surface area contributed by atoms with Gasteiger partial charge in [-0.3, -0.25) is 0 Å². The van der Waals surface area contributed by atoms with Crippen LogP contribution in [0.3, 0.4) is 0 Å². The molecule has 1 aromatic heterocycles. The van der Waals surface area contributed by atoms with E-state index in [4.69, 9.17) is 9.47 Å². The van der Waals surface area contributed by atoms with Gasteiger partial charge in [0.2, 0.25) is 5.88 Å². The zero-order chi connectivity index (χ0) is 11.3. The molecule has 0 bridgehead atoms. The van der Waals surface area contributed by atoms with Gasteiger partial charge >= 0.3 is 6.01 Å². The lowest BCUT2D eigenvalue weighted by molar-refractivity contribution is 0.199. The Balaban J connectivity index is 2.71. The number of aromatic nitrogens is 2. The second-order valence-corrected chi connectivity index (χ2v) is 3.32. The van der Waals surface area contributed by atoms with Crippen molar-refractivity contribution in [2.75, 3.05) is 20.7 Å². The lowest BCUT2D eigenvalue weighted by Gasteiger charge is -2.13. The highest BCUT2D eigenvalue weighted by atomic mass is 16.5. The Morgan fingerprint density at radius 3 is 2.80 bits per heavy atom. The van der Waals surface area contributed by atoms with E-state index in [1.165, 1.54) is 0 Å². The molecule has 0 saturated heterocycles. The second kappa shape index (κ2) is 5.50. The second-order valence-electron chi connectivity index (χ2n) is 3.32. The monoisotopic (exact) mass is 211 g/mol. The molecule has 1 unspecified atom stereocenters. The summed E-state index contributed by atoms with van der Waals surface area (Å²) in [5.74, 6) is 0.522. The fourth-order valence-corrected chi connectivity index (χ4v) is 1.18. The van der Waals surface area contributed by atoms with Gasteiger partial charge in [0, 0.05) is 18.3 Å². The number of aryl methyl sites for hydroxylation is 1. The topological polar surface area (TPSA) is 56.3 Å². The van der Waals surface area contributed by atoms with Crippen LogP contribution in [0.4, 0.5) is 0 Å². The Bertz CT molecular complexity index is 318. The summed E-state index contributed by atoms with van der Waals surface area (Å²) in [6.45, 7) is 4.58. The lowest BCUT2D eigenvalue weighted by atomic mass is 10.4. The molecule has 0 aliphatic rings. The first-order valence-corrected chi connectivity index (χ1v) is 4.86. The summed E-state index contributed by atoms with van der Waals surface area (Å²) in [5.41, 5.74) is 0.827. The number of ether oxygens (including phenoxy) is 2. The highest BCUT2D eigenvalue weighted by Gasteiger charge is 2.07. The van der Waals surface area contributed by atoms with E-state index in [-0.39, 0.29) is 6.10 Å². The molecule has 5 nitrogen and oxygen atoms in total. The van der Waals surface area contributed by atoms with Crippen molar-refractivity contribution in [2.24, 2.45) is 0 Å². The van der Waals surface area contributed by atoms with Gasteiger partial charge in [0.05, 0.1) is 7.11 Å². The van der Waals surface area contributed by atoms with Crippen molar-refractivity contribution in [3.05, 3.63) is 11.8 Å². The fourth-order valence-electron chi connectivity index (χ4n) is 1.18. The van der Waals surface area contributed by atoms with Gasteiger partial charge in [-0.05, 0) is 20.9 Å². The minimum absolute atomic E-state index is 0.0292. The van der Waals surface area contributed by atoms with Crippen molar-refractivity contribution in [2.45, 2.75) is 20.0 Å². The molecule has 84 valence electrons. The van der Waals surface area contributed by atoms with Gasteiger partial charge in [-0.25, -0.2) is 4.98 Å². The number of likely N-dealkylation sites (N-methyl/N-ethyl adjacent to an activating group) is 1. The van der Waals surface area contributed by atoms with Crippen LogP contribution in [0.25, 0.3) is 0 Å². The van der Waals surface area contributed by atoms with E-state index in [9.17, 15) is 0 Å². The SMILES string of the molecule is CNCC(C)Oc1nc(C)cc(OC)n1. The summed E-state index contributed by atoms with van der Waals surface area (Å²) in [5, 5.41) is 3.02. The molecule has 1 N–H and O–H groups in total. The zero-order valence-corrected chi connectivity index (χ0v) is 9.57. The highest BCUT2D eigenvalue weighted by molar-refractivity contribution is 5.17. The Morgan fingerprint density at radius 2 is 2.20 bits per heavy atom. The van der Waals surface area contributed by atoms with E-state index in [0.717, 1.165) is 12.2 Å². The van der Waals surface area contributed by atoms with Crippen LogP contribution in [0.1, 0.15) is 12.6 Å². The summed E-state index contributed by atoms with van der Waals surface area (Å²) in [4.78, 5) is 8.25. The molecular weight excluding hydrogens is 194 g/mol. The summed E-state index contributed by atoms with van der Waals surface area (Å²) in [6, 6.07) is 2.12. The van der Waals surface area contributed by atoms with Gasteiger partial charge in [0.15, 0.2) is 0 Å². The molecule has 0 aliphatic heterocycles. The van der Waals surface area contributed by atoms with Crippen molar-refractivity contribution in [3.8, 4) is 11.9 Å². The summed E-state index contributed by atoms with van der Waals surface area (Å²) < 4.78 is 10.5. The first kappa shape index (κ1) is 11.7. The molecule has 15 heavy (non-hydrogen) atoms. The number of hydrogen-bond acceptors (Lipinski definition) is 5. The first-order valence-electron chi connectivity index (χ1n) is 4.86. The van der Waals surface area contributed by atoms with Crippen molar-refractivity contribution in [3.63, 3.8) is 0 Å². The third kappa shape index (κ3) is 3.71. The summed E-state index contributed by atoms with van der Waals surface area (Å²) in [6.07, 6.45) is 0.0292. The van der Waals surface area contributed by atoms with Crippen molar-refractivity contribution < 1.29 is 9.47 Å². The van der Waals surface area contributed by atoms with Crippen molar-refractivity contribution >= 4 is 0 Å². The molecule has 0 aromatic carbocycles. The molecular formula is C10H17N3O2. The number of rotatable bonds is 5. The van der Waals surface area contributed by atoms with Crippen molar-refractivity contribution in [1.29, 1.82) is 0 Å². The fraction of sp³-hybridized carbons (Fsp3) is 0.600. The van der Waals surface area contributed by atoms with E-state index in [1.807, 2.05) is 20.9 Å². The van der Waals surface area contributed by atoms with Crippen molar-refractivity contribution in [1.82, 2.24) is 15.3 Å². The maximum Gasteiger partial charge on any atom is 0.320 e. The van der Waals surface area contributed by atoms with Crippen LogP contribution < -0.4 is 14.8 Å². The molecule has 1 heterocycles. The number of nitrogens with zero attached hydrogens (tertiary/aromatic N) is 2. The average Bonchev–Trinajstić information content (AvgIpc) is 2.17. The maximum atomic E-state index is 5.51. The average molecular weight is 211 g/mol. The number of nitrogens with one attached hydrogen (secondary N) is 1. The van der Waals surface area contributed by atoms with Gasteiger partial charge in [0.25, 0.3) is 0 Å². The molecule has 1 atom stereocenters. The zero-order valence-electron chi connectivity index (χ0n) is 9.57. The summed E-state index contributed by atoms with van der Waals surface area (Å²) >= 11 is 0. The van der Waals surface area contributed by atoms with Crippen LogP contribution in [-0.2, 0) is 0 Å². The molecule has 5 heteroatoms. The molecule has 0 aliphatic carbocycles. The van der Waals surface area contributed by atoms with Gasteiger partial charge in [0.1, 0.15) is 6.10 Å². The standard InChI is InChI=1S/C10H17N3O2/c1-7-5-9(14-4)13-10(12-7)15-8(2)6-11-3/h5,8,11H,6H2,1-4H3. The van der Waals surface area contributed by atoms with E-state index in [1.54, 1.807) is 13.2 Å². The minimum Gasteiger partial charge on any atom is -0.481 e. The Morgan fingerprint density at radius 1 is 1.47 bits per heavy atom. The molecule has 0 fully saturated rings. The van der Waals surface area contributed by atoms with Crippen LogP contribution in [-0.4, -0.2) is 36.8 Å². The van der Waals surface area contributed by atoms with Crippen LogP contribution >= 0.6 is 0 Å². The van der Waals surface area contributed by atoms with E-state index >= 15 is 0 Å². The third-order valence-electron chi connectivity index (χ3n) is 1.82. The molecule has 1 rings (SSSR count). The first-order chi connectivity index (χ1) is 7.15. The van der Waals surface area contributed by atoms with Crippen LogP contribution in [0.5, 0.6) is 11.9 Å². The van der Waals surface area contributed by atoms with E-state index in [2.05, 4.69) is 15.3 Å². The van der Waals surface area contributed by atoms with Gasteiger partial charge in [-0.1, -0.05) is 0 Å². The maximum absolute atomic E-state index is 5.51. The van der Waals surface area contributed by atoms with Crippen LogP contribution in [0.15, 0.2) is 6.07 Å². The molecule has 0 saturated carbocycles. The highest BCUT2D eigenvalue weighted by Crippen LogP contribution is 2.13. The molecule has 0 amide bonds. The van der Waals surface area contributed by atoms with Gasteiger partial charge < -0.3 is 14.8 Å².